The van der Waals surface area contributed by atoms with Gasteiger partial charge in [-0.1, -0.05) is 82.6 Å². The van der Waals surface area contributed by atoms with Crippen molar-refractivity contribution in [2.75, 3.05) is 73.6 Å². The van der Waals surface area contributed by atoms with Crippen LogP contribution in [0, 0.1) is 23.2 Å². The number of hydrogen-bond donors (Lipinski definition) is 7. The van der Waals surface area contributed by atoms with E-state index >= 15 is 0 Å². The van der Waals surface area contributed by atoms with Crippen LogP contribution in [0.4, 0.5) is 0 Å². The Morgan fingerprint density at radius 1 is 0.773 bits per heavy atom. The standard InChI is InChI=1S/C63H93ClN6O18/c1-39(2)34-50-61(79)86-48(15-12-16-52(72)68-47(36-43-21-24-49(82-9)45(64)35-43)59(77)67-38-63(6,7)62(80)87-50)41(5)56-57(88-56)44-22-19-42(20-23-44)37-66-58(76)46(69-60(78)55(40(3)4)70-53(73)17-13-18-54(74)75)14-10-11-26-65-51(71)25-27-83-30-31-85-33-32-84-29-28-81-8/h12,16,19-24,35,39-41,46-48,50,55-57H,10-11,13-15,17-18,25-34,36-38H2,1-9H3,(H,65,71)(H,66,76)(H,67,77)(H,68,72)(H,69,78)(H,70,73)(H,74,75)/b16-12+/t41?,46?,47-,48+,50+,55?,56-,57-/m1/s1. The molecule has 490 valence electrons. The van der Waals surface area contributed by atoms with Crippen molar-refractivity contribution in [2.24, 2.45) is 23.2 Å². The lowest BCUT2D eigenvalue weighted by atomic mass is 9.92. The van der Waals surface area contributed by atoms with E-state index in [4.69, 9.17) is 54.6 Å². The number of carbonyl (C=O) groups is 9. The average Bonchev–Trinajstić information content (AvgIpc) is 3.00. The van der Waals surface area contributed by atoms with Gasteiger partial charge in [0.25, 0.3) is 0 Å². The van der Waals surface area contributed by atoms with Crippen LogP contribution in [-0.2, 0) is 89.3 Å². The van der Waals surface area contributed by atoms with E-state index in [1.165, 1.54) is 13.2 Å². The molecule has 2 aromatic rings. The summed E-state index contributed by atoms with van der Waals surface area (Å²) in [6.45, 7) is 15.2. The summed E-state index contributed by atoms with van der Waals surface area (Å²) in [5.74, 6) is -5.92. The molecule has 88 heavy (non-hydrogen) atoms. The highest BCUT2D eigenvalue weighted by Gasteiger charge is 2.48. The number of aliphatic carboxylic acids is 1. The van der Waals surface area contributed by atoms with Gasteiger partial charge in [0, 0.05) is 64.8 Å². The zero-order valence-corrected chi connectivity index (χ0v) is 53.1. The van der Waals surface area contributed by atoms with E-state index in [-0.39, 0.29) is 88.8 Å². The van der Waals surface area contributed by atoms with Crippen LogP contribution in [0.1, 0.15) is 129 Å². The molecule has 0 aromatic heterocycles. The molecule has 25 heteroatoms. The quantitative estimate of drug-likeness (QED) is 0.0268. The van der Waals surface area contributed by atoms with Crippen molar-refractivity contribution in [2.45, 2.75) is 162 Å². The molecule has 0 spiro atoms. The lowest BCUT2D eigenvalue weighted by Crippen LogP contribution is -2.55. The van der Waals surface area contributed by atoms with Gasteiger partial charge in [-0.25, -0.2) is 4.79 Å². The molecule has 3 unspecified atom stereocenters. The molecular formula is C63H93ClN6O18. The summed E-state index contributed by atoms with van der Waals surface area (Å²) in [5, 5.41) is 26.2. The third kappa shape index (κ3) is 27.0. The van der Waals surface area contributed by atoms with Gasteiger partial charge in [0.15, 0.2) is 6.10 Å². The zero-order chi connectivity index (χ0) is 64.8. The number of rotatable bonds is 36. The number of cyclic esters (lactones) is 2. The second-order valence-electron chi connectivity index (χ2n) is 23.3. The number of unbranched alkanes of at least 4 members (excludes halogenated alkanes) is 1. The number of halogens is 1. The first kappa shape index (κ1) is 73.8. The summed E-state index contributed by atoms with van der Waals surface area (Å²) in [6, 6.07) is 9.26. The fourth-order valence-electron chi connectivity index (χ4n) is 9.31. The highest BCUT2D eigenvalue weighted by molar-refractivity contribution is 6.32. The van der Waals surface area contributed by atoms with E-state index in [2.05, 4.69) is 31.9 Å². The Morgan fingerprint density at radius 3 is 2.08 bits per heavy atom. The molecule has 2 aliphatic heterocycles. The molecule has 2 heterocycles. The van der Waals surface area contributed by atoms with Crippen LogP contribution in [0.25, 0.3) is 0 Å². The molecule has 2 aliphatic rings. The number of hydrogen-bond acceptors (Lipinski definition) is 17. The van der Waals surface area contributed by atoms with Gasteiger partial charge in [-0.05, 0) is 92.7 Å². The van der Waals surface area contributed by atoms with Gasteiger partial charge < -0.3 is 74.9 Å². The third-order valence-corrected chi connectivity index (χ3v) is 14.9. The van der Waals surface area contributed by atoms with Gasteiger partial charge in [0.1, 0.15) is 36.1 Å². The molecule has 0 bridgehead atoms. The van der Waals surface area contributed by atoms with Gasteiger partial charge in [-0.2, -0.15) is 0 Å². The maximum absolute atomic E-state index is 14.0. The van der Waals surface area contributed by atoms with Crippen LogP contribution in [0.2, 0.25) is 5.02 Å². The average molecular weight is 1260 g/mol. The predicted octanol–water partition coefficient (Wildman–Crippen LogP) is 4.99. The second-order valence-corrected chi connectivity index (χ2v) is 23.7. The number of epoxide rings is 1. The van der Waals surface area contributed by atoms with Crippen molar-refractivity contribution < 1.29 is 86.2 Å². The summed E-state index contributed by atoms with van der Waals surface area (Å²) < 4.78 is 44.8. The SMILES string of the molecule is COCCOCCOCCOCCC(=O)NCCCCC(NC(=O)C(NC(=O)CCCC(=O)O)C(C)C)C(=O)NCc1ccc([C@H]2O[C@@H]2C(C)[C@@H]2C/C=C/C(=O)N[C@H](Cc3ccc(OC)c(Cl)c3)C(=O)NCC(C)(C)C(=O)O[C@@H](CC(C)C)C(=O)O2)cc1. The van der Waals surface area contributed by atoms with Crippen LogP contribution in [0.15, 0.2) is 54.6 Å². The summed E-state index contributed by atoms with van der Waals surface area (Å²) in [5.41, 5.74) is 0.865. The van der Waals surface area contributed by atoms with Crippen molar-refractivity contribution in [3.05, 3.63) is 76.3 Å². The van der Waals surface area contributed by atoms with E-state index < -0.39 is 101 Å². The minimum absolute atomic E-state index is 0.0586. The lowest BCUT2D eigenvalue weighted by Gasteiger charge is -2.29. The molecule has 2 aromatic carbocycles. The second kappa shape index (κ2) is 38.7. The van der Waals surface area contributed by atoms with Gasteiger partial charge in [0.2, 0.25) is 35.4 Å². The zero-order valence-electron chi connectivity index (χ0n) is 52.4. The van der Waals surface area contributed by atoms with E-state index in [1.54, 1.807) is 59.1 Å². The van der Waals surface area contributed by atoms with Crippen LogP contribution >= 0.6 is 11.6 Å². The summed E-state index contributed by atoms with van der Waals surface area (Å²) >= 11 is 6.40. The molecule has 0 aliphatic carbocycles. The van der Waals surface area contributed by atoms with Gasteiger partial charge >= 0.3 is 17.9 Å². The van der Waals surface area contributed by atoms with E-state index in [0.29, 0.717) is 75.4 Å². The maximum Gasteiger partial charge on any atom is 0.347 e. The smallest absolute Gasteiger partial charge is 0.347 e. The number of carbonyl (C=O) groups excluding carboxylic acids is 8. The molecule has 7 N–H and O–H groups in total. The molecule has 1 fully saturated rings. The van der Waals surface area contributed by atoms with Crippen molar-refractivity contribution in [1.82, 2.24) is 31.9 Å². The molecule has 4 rings (SSSR count). The van der Waals surface area contributed by atoms with Crippen LogP contribution in [0.3, 0.4) is 0 Å². The maximum atomic E-state index is 14.0. The Balaban J connectivity index is 1.42. The Bertz CT molecular complexity index is 2620. The first-order valence-corrected chi connectivity index (χ1v) is 30.6. The minimum Gasteiger partial charge on any atom is -0.495 e. The predicted molar refractivity (Wildman–Crippen MR) is 324 cm³/mol. The summed E-state index contributed by atoms with van der Waals surface area (Å²) in [4.78, 5) is 119. The largest absolute Gasteiger partial charge is 0.495 e. The van der Waals surface area contributed by atoms with Crippen LogP contribution < -0.4 is 36.6 Å². The van der Waals surface area contributed by atoms with Gasteiger partial charge in [-0.15, -0.1) is 0 Å². The minimum atomic E-state index is -1.30. The summed E-state index contributed by atoms with van der Waals surface area (Å²) in [6.07, 6.45) is 1.15. The summed E-state index contributed by atoms with van der Waals surface area (Å²) in [7, 11) is 3.08. The molecule has 1 saturated heterocycles. The number of ether oxygens (including phenoxy) is 8. The van der Waals surface area contributed by atoms with Gasteiger partial charge in [-0.3, -0.25) is 38.4 Å². The number of methoxy groups -OCH3 is 2. The number of carboxylic acids is 1. The van der Waals surface area contributed by atoms with Crippen molar-refractivity contribution in [1.29, 1.82) is 0 Å². The molecular weight excluding hydrogens is 1160 g/mol. The normalized spacial score (nSPS) is 20.3. The van der Waals surface area contributed by atoms with E-state index in [9.17, 15) is 43.2 Å². The highest BCUT2D eigenvalue weighted by atomic mass is 35.5. The first-order valence-electron chi connectivity index (χ1n) is 30.2. The molecule has 6 amide bonds. The van der Waals surface area contributed by atoms with Crippen molar-refractivity contribution >= 4 is 65.0 Å². The fraction of sp³-hybridized carbons (Fsp3) is 0.635. The van der Waals surface area contributed by atoms with Crippen LogP contribution in [-0.4, -0.2) is 168 Å². The number of benzene rings is 2. The Kier molecular flexibility index (Phi) is 32.4. The monoisotopic (exact) mass is 1260 g/mol. The van der Waals surface area contributed by atoms with Crippen LogP contribution in [0.5, 0.6) is 5.75 Å². The Labute approximate surface area is 521 Å². The number of nitrogens with one attached hydrogen (secondary N) is 6. The third-order valence-electron chi connectivity index (χ3n) is 14.6. The van der Waals surface area contributed by atoms with E-state index in [1.807, 2.05) is 45.0 Å². The fourth-order valence-corrected chi connectivity index (χ4v) is 9.59. The molecule has 0 radical (unpaired) electrons. The Hall–Kier alpha value is -6.70. The lowest BCUT2D eigenvalue weighted by molar-refractivity contribution is -0.179. The van der Waals surface area contributed by atoms with Gasteiger partial charge in [0.05, 0.1) is 69.9 Å². The highest BCUT2D eigenvalue weighted by Crippen LogP contribution is 2.45. The van der Waals surface area contributed by atoms with Crippen molar-refractivity contribution in [3.8, 4) is 5.75 Å². The Morgan fingerprint density at radius 2 is 1.44 bits per heavy atom. The number of amides is 6. The molecule has 24 nitrogen and oxygen atoms in total. The number of esters is 2. The first-order chi connectivity index (χ1) is 41.9. The molecule has 8 atom stereocenters. The molecule has 0 saturated carbocycles. The number of carboxylic acid groups (broad SMARTS) is 1. The van der Waals surface area contributed by atoms with E-state index in [0.717, 1.165) is 11.1 Å². The van der Waals surface area contributed by atoms with Crippen molar-refractivity contribution in [3.63, 3.8) is 0 Å². The topological polar surface area (TPSA) is 323 Å².